The van der Waals surface area contributed by atoms with Gasteiger partial charge in [-0.15, -0.1) is 5.10 Å². The molecule has 3 aromatic carbocycles. The van der Waals surface area contributed by atoms with E-state index >= 15 is 0 Å². The van der Waals surface area contributed by atoms with Crippen LogP contribution in [-0.2, 0) is 33.0 Å². The van der Waals surface area contributed by atoms with Crippen molar-refractivity contribution in [2.45, 2.75) is 62.7 Å². The highest BCUT2D eigenvalue weighted by atomic mass is 28.4. The summed E-state index contributed by atoms with van der Waals surface area (Å²) < 4.78 is 13.7. The molecule has 0 aliphatic carbocycles. The normalized spacial score (nSPS) is 23.6. The molecule has 3 aliphatic heterocycles. The molecule has 2 N–H and O–H groups in total. The maximum Gasteiger partial charge on any atom is 0.414 e. The summed E-state index contributed by atoms with van der Waals surface area (Å²) in [6, 6.07) is 21.2. The number of nitro groups is 1. The van der Waals surface area contributed by atoms with E-state index in [1.54, 1.807) is 27.9 Å². The van der Waals surface area contributed by atoms with Crippen molar-refractivity contribution < 1.29 is 33.9 Å². The van der Waals surface area contributed by atoms with Crippen LogP contribution < -0.4 is 9.80 Å². The second-order valence-electron chi connectivity index (χ2n) is 14.0. The highest BCUT2D eigenvalue weighted by Crippen LogP contribution is 2.60. The van der Waals surface area contributed by atoms with Crippen LogP contribution in [0.4, 0.5) is 21.9 Å². The van der Waals surface area contributed by atoms with E-state index in [9.17, 15) is 29.6 Å². The quantitative estimate of drug-likeness (QED) is 0.126. The molecule has 4 aromatic rings. The maximum atomic E-state index is 14.8. The first-order valence-electron chi connectivity index (χ1n) is 17.0. The van der Waals surface area contributed by atoms with Gasteiger partial charge in [-0.3, -0.25) is 24.5 Å². The average Bonchev–Trinajstić information content (AvgIpc) is 3.87. The molecule has 1 spiro atoms. The summed E-state index contributed by atoms with van der Waals surface area (Å²) in [5.41, 5.74) is 1.66. The minimum Gasteiger partial charge on any atom is -0.447 e. The monoisotopic (exact) mass is 712 g/mol. The Labute approximate surface area is 295 Å². The minimum atomic E-state index is -3.01. The Bertz CT molecular complexity index is 1970. The van der Waals surface area contributed by atoms with Crippen LogP contribution in [0, 0.1) is 16.0 Å². The number of hydrogen-bond acceptors (Lipinski definition) is 10. The number of aryl methyl sites for hydroxylation is 1. The van der Waals surface area contributed by atoms with Crippen LogP contribution in [0.2, 0.25) is 18.6 Å². The third-order valence-electron chi connectivity index (χ3n) is 10.4. The van der Waals surface area contributed by atoms with E-state index in [2.05, 4.69) is 10.3 Å². The molecule has 2 amide bonds. The highest BCUT2D eigenvalue weighted by Gasteiger charge is 2.66. The van der Waals surface area contributed by atoms with Crippen molar-refractivity contribution >= 4 is 37.4 Å². The number of carbonyl (C=O) groups is 2. The summed E-state index contributed by atoms with van der Waals surface area (Å²) >= 11 is 0. The topological polar surface area (TPSA) is 173 Å². The predicted molar refractivity (Wildman–Crippen MR) is 189 cm³/mol. The predicted octanol–water partition coefficient (Wildman–Crippen LogP) is 4.70. The molecule has 266 valence electrons. The van der Waals surface area contributed by atoms with E-state index in [-0.39, 0.29) is 30.7 Å². The van der Waals surface area contributed by atoms with Crippen LogP contribution in [-0.4, -0.2) is 76.0 Å². The Morgan fingerprint density at radius 2 is 1.88 bits per heavy atom. The summed E-state index contributed by atoms with van der Waals surface area (Å²) in [5.74, 6) is -1.23. The second-order valence-corrected chi connectivity index (χ2v) is 18.0. The Morgan fingerprint density at radius 1 is 1.10 bits per heavy atom. The molecule has 3 aliphatic rings. The van der Waals surface area contributed by atoms with Crippen molar-refractivity contribution in [3.63, 3.8) is 0 Å². The fourth-order valence-electron chi connectivity index (χ4n) is 8.14. The minimum absolute atomic E-state index is 0.128. The number of nitrogens with zero attached hydrogens (tertiary/aromatic N) is 6. The van der Waals surface area contributed by atoms with Crippen LogP contribution in [0.1, 0.15) is 41.6 Å². The fourth-order valence-corrected chi connectivity index (χ4v) is 10.7. The van der Waals surface area contributed by atoms with Crippen LogP contribution in [0.5, 0.6) is 0 Å². The van der Waals surface area contributed by atoms with Gasteiger partial charge < -0.3 is 24.3 Å². The van der Waals surface area contributed by atoms with E-state index in [1.807, 2.05) is 68.5 Å². The largest absolute Gasteiger partial charge is 0.447 e. The number of anilines is 2. The number of carbonyl (C=O) groups excluding carboxylic acids is 2. The number of non-ortho nitro benzene ring substituents is 1. The van der Waals surface area contributed by atoms with Gasteiger partial charge in [0, 0.05) is 47.6 Å². The first kappa shape index (κ1) is 34.5. The number of aliphatic hydroxyl groups excluding tert-OH is 1. The van der Waals surface area contributed by atoms with E-state index in [0.29, 0.717) is 48.7 Å². The van der Waals surface area contributed by atoms with Crippen LogP contribution in [0.15, 0.2) is 79.0 Å². The van der Waals surface area contributed by atoms with Crippen molar-refractivity contribution in [3.8, 4) is 0 Å². The standard InChI is InChI=1S/C36H40N6O8Si/c1-23-33(51(2,3)48)32(14-15-39-21-30(37-38-39)28(22-43)25-9-5-4-6-10-25)50-36(23)29-19-27(42(46)47)12-13-31(29)41(34(36)44)20-24-8-7-11-26(18-24)40-16-17-49-35(40)45/h4-13,18-19,21,23,28,32-33,43,48H,14-17,20,22H2,1-3H3/t23-,28?,32+,33-,36+/m0/s1. The van der Waals surface area contributed by atoms with Gasteiger partial charge in [-0.2, -0.15) is 0 Å². The van der Waals surface area contributed by atoms with Gasteiger partial charge >= 0.3 is 6.09 Å². The number of benzene rings is 3. The number of aliphatic hydroxyl groups is 1. The lowest BCUT2D eigenvalue weighted by Crippen LogP contribution is -2.46. The fraction of sp³-hybridized carbons (Fsp3) is 0.389. The molecule has 0 saturated carbocycles. The van der Waals surface area contributed by atoms with Crippen molar-refractivity contribution in [3.05, 3.63) is 111 Å². The molecule has 1 aromatic heterocycles. The van der Waals surface area contributed by atoms with E-state index in [0.717, 1.165) is 11.1 Å². The second kappa shape index (κ2) is 13.3. The van der Waals surface area contributed by atoms with Gasteiger partial charge in [-0.1, -0.05) is 54.6 Å². The van der Waals surface area contributed by atoms with Gasteiger partial charge in [-0.25, -0.2) is 4.79 Å². The number of ether oxygens (including phenoxy) is 2. The van der Waals surface area contributed by atoms with Gasteiger partial charge in [0.25, 0.3) is 11.6 Å². The molecule has 2 saturated heterocycles. The van der Waals surface area contributed by atoms with Crippen molar-refractivity contribution in [1.82, 2.24) is 15.0 Å². The molecule has 0 bridgehead atoms. The number of aromatic nitrogens is 3. The third-order valence-corrected chi connectivity index (χ3v) is 12.9. The molecule has 14 nitrogen and oxygen atoms in total. The van der Waals surface area contributed by atoms with Crippen molar-refractivity contribution in [2.24, 2.45) is 5.92 Å². The summed E-state index contributed by atoms with van der Waals surface area (Å²) in [6.07, 6.45) is 1.16. The number of cyclic esters (lactones) is 1. The lowest BCUT2D eigenvalue weighted by molar-refractivity contribution is -0.385. The first-order valence-corrected chi connectivity index (χ1v) is 20.0. The Kier molecular flexibility index (Phi) is 8.99. The average molecular weight is 713 g/mol. The van der Waals surface area contributed by atoms with Crippen LogP contribution in [0.25, 0.3) is 0 Å². The molecular weight excluding hydrogens is 673 g/mol. The van der Waals surface area contributed by atoms with Gasteiger partial charge in [0.1, 0.15) is 6.61 Å². The lowest BCUT2D eigenvalue weighted by atomic mass is 9.82. The van der Waals surface area contributed by atoms with Gasteiger partial charge in [-0.05, 0) is 48.8 Å². The van der Waals surface area contributed by atoms with Gasteiger partial charge in [0.05, 0.1) is 48.0 Å². The molecule has 51 heavy (non-hydrogen) atoms. The number of rotatable bonds is 11. The number of fused-ring (bicyclic) bond motifs is 2. The molecule has 1 unspecified atom stereocenters. The molecule has 0 radical (unpaired) electrons. The highest BCUT2D eigenvalue weighted by molar-refractivity contribution is 6.71. The van der Waals surface area contributed by atoms with Crippen molar-refractivity contribution in [2.75, 3.05) is 29.6 Å². The summed E-state index contributed by atoms with van der Waals surface area (Å²) in [6.45, 7) is 6.59. The zero-order valence-corrected chi connectivity index (χ0v) is 29.6. The Hall–Kier alpha value is -4.96. The lowest BCUT2D eigenvalue weighted by Gasteiger charge is -2.32. The summed E-state index contributed by atoms with van der Waals surface area (Å²) in [7, 11) is -3.01. The zero-order chi connectivity index (χ0) is 36.1. The zero-order valence-electron chi connectivity index (χ0n) is 28.6. The van der Waals surface area contributed by atoms with Gasteiger partial charge in [0.15, 0.2) is 13.9 Å². The maximum absolute atomic E-state index is 14.8. The number of hydrogen-bond donors (Lipinski definition) is 2. The summed E-state index contributed by atoms with van der Waals surface area (Å²) in [5, 5.41) is 30.8. The van der Waals surface area contributed by atoms with E-state index in [1.165, 1.54) is 17.0 Å². The molecule has 15 heteroatoms. The first-order chi connectivity index (χ1) is 24.4. The third kappa shape index (κ3) is 6.09. The Balaban J connectivity index is 1.20. The summed E-state index contributed by atoms with van der Waals surface area (Å²) in [4.78, 5) is 53.4. The van der Waals surface area contributed by atoms with Crippen LogP contribution in [0.3, 0.4) is 0 Å². The molecular formula is C36H40N6O8Si. The molecule has 7 rings (SSSR count). The van der Waals surface area contributed by atoms with E-state index in [4.69, 9.17) is 9.47 Å². The Morgan fingerprint density at radius 3 is 2.57 bits per heavy atom. The smallest absolute Gasteiger partial charge is 0.414 e. The molecule has 2 fully saturated rings. The SMILES string of the molecule is C[C@H]1[C@H]([Si](C)(C)O)[C@@H](CCn2cc(C(CO)c3ccccc3)nn2)O[C@]12C(=O)N(Cc1cccc(N3CCOC3=O)c1)c1ccc([N+](=O)[O-])cc12. The van der Waals surface area contributed by atoms with Crippen molar-refractivity contribution in [1.29, 1.82) is 0 Å². The number of nitro benzene ring substituents is 1. The van der Waals surface area contributed by atoms with Crippen LogP contribution >= 0.6 is 0 Å². The molecule has 5 atom stereocenters. The molecule has 4 heterocycles. The van der Waals surface area contributed by atoms with Gasteiger partial charge in [0.2, 0.25) is 0 Å². The van der Waals surface area contributed by atoms with E-state index < -0.39 is 42.5 Å². The number of amides is 2.